The molecule has 0 aliphatic carbocycles. The Morgan fingerprint density at radius 1 is 0.316 bits per heavy atom. The minimum atomic E-state index is -4.40. The maximum atomic E-state index is 12.8. The Morgan fingerprint density at radius 2 is 0.561 bits per heavy atom. The van der Waals surface area contributed by atoms with Crippen LogP contribution in [0.2, 0.25) is 0 Å². The molecule has 2 unspecified atom stereocenters. The monoisotopic (exact) mass is 1400 g/mol. The van der Waals surface area contributed by atoms with Crippen LogP contribution in [0.4, 0.5) is 0 Å². The molecule has 0 bridgehead atoms. The Kier molecular flexibility index (Phi) is 82.2. The molecule has 0 spiro atoms. The summed E-state index contributed by atoms with van der Waals surface area (Å²) in [5, 5.41) is 0. The smallest absolute Gasteiger partial charge is 0.462 e. The molecule has 0 radical (unpaired) electrons. The normalized spacial score (nSPS) is 13.0. The second-order valence-corrected chi connectivity index (χ2v) is 31.2. The van der Waals surface area contributed by atoms with Gasteiger partial charge in [0.15, 0.2) is 6.10 Å². The highest BCUT2D eigenvalue weighted by Gasteiger charge is 2.26. The van der Waals surface area contributed by atoms with E-state index in [4.69, 9.17) is 24.3 Å². The van der Waals surface area contributed by atoms with Crippen LogP contribution in [0.15, 0.2) is 48.6 Å². The summed E-state index contributed by atoms with van der Waals surface area (Å²) in [6.07, 6.45) is 110. The molecule has 10 heteroatoms. The van der Waals surface area contributed by atoms with E-state index in [1.165, 1.54) is 379 Å². The number of hydrogen-bond donors (Lipinski definition) is 2. The highest BCUT2D eigenvalue weighted by molar-refractivity contribution is 7.47. The van der Waals surface area contributed by atoms with Crippen molar-refractivity contribution in [3.05, 3.63) is 48.6 Å². The second kappa shape index (κ2) is 83.9. The maximum absolute atomic E-state index is 12.8. The molecule has 0 heterocycles. The van der Waals surface area contributed by atoms with Crippen molar-refractivity contribution in [1.29, 1.82) is 0 Å². The van der Waals surface area contributed by atoms with Gasteiger partial charge < -0.3 is 20.1 Å². The van der Waals surface area contributed by atoms with E-state index in [-0.39, 0.29) is 38.6 Å². The molecule has 0 aliphatic heterocycles. The minimum Gasteiger partial charge on any atom is -0.462 e. The van der Waals surface area contributed by atoms with Gasteiger partial charge in [0.05, 0.1) is 13.2 Å². The number of allylic oxidation sites excluding steroid dienone is 8. The summed E-state index contributed by atoms with van der Waals surface area (Å²) in [5.74, 6) is -0.798. The average Bonchev–Trinajstić information content (AvgIpc) is 1.57. The van der Waals surface area contributed by atoms with E-state index in [0.717, 1.165) is 57.8 Å². The number of phosphoric ester groups is 1. The van der Waals surface area contributed by atoms with E-state index >= 15 is 0 Å². The lowest BCUT2D eigenvalue weighted by atomic mass is 10.0. The summed E-state index contributed by atoms with van der Waals surface area (Å²) < 4.78 is 33.3. The highest BCUT2D eigenvalue weighted by atomic mass is 31.2. The number of nitrogens with two attached hydrogens (primary N) is 1. The van der Waals surface area contributed by atoms with Gasteiger partial charge in [0.1, 0.15) is 6.61 Å². The van der Waals surface area contributed by atoms with Crippen LogP contribution in [0.25, 0.3) is 0 Å². The second-order valence-electron chi connectivity index (χ2n) is 29.7. The van der Waals surface area contributed by atoms with E-state index in [9.17, 15) is 19.0 Å². The molecule has 578 valence electrons. The minimum absolute atomic E-state index is 0.0566. The van der Waals surface area contributed by atoms with Crippen LogP contribution in [0.1, 0.15) is 470 Å². The molecular formula is C88H168NO8P. The lowest BCUT2D eigenvalue weighted by molar-refractivity contribution is -0.161. The van der Waals surface area contributed by atoms with E-state index in [0.29, 0.717) is 6.42 Å². The molecule has 3 N–H and O–H groups in total. The molecule has 0 aliphatic rings. The molecule has 9 nitrogen and oxygen atoms in total. The fourth-order valence-electron chi connectivity index (χ4n) is 13.6. The third-order valence-corrected chi connectivity index (χ3v) is 21.0. The van der Waals surface area contributed by atoms with Gasteiger partial charge in [-0.1, -0.05) is 454 Å². The lowest BCUT2D eigenvalue weighted by Gasteiger charge is -2.19. The molecule has 0 aromatic carbocycles. The molecule has 0 saturated carbocycles. The summed E-state index contributed by atoms with van der Waals surface area (Å²) in [5.41, 5.74) is 5.42. The fourth-order valence-corrected chi connectivity index (χ4v) is 14.3. The Hall–Kier alpha value is -2.03. The van der Waals surface area contributed by atoms with Crippen LogP contribution in [0.3, 0.4) is 0 Å². The summed E-state index contributed by atoms with van der Waals surface area (Å²) in [6.45, 7) is 3.73. The Bertz CT molecular complexity index is 1750. The predicted octanol–water partition coefficient (Wildman–Crippen LogP) is 29.5. The van der Waals surface area contributed by atoms with E-state index in [2.05, 4.69) is 62.5 Å². The largest absolute Gasteiger partial charge is 0.472 e. The molecule has 2 atom stereocenters. The molecule has 0 aromatic rings. The number of carbonyl (C=O) groups is 2. The Morgan fingerprint density at radius 3 is 0.837 bits per heavy atom. The molecule has 0 amide bonds. The number of carbonyl (C=O) groups excluding carboxylic acids is 2. The quantitative estimate of drug-likeness (QED) is 0.0264. The van der Waals surface area contributed by atoms with Gasteiger partial charge in [-0.15, -0.1) is 0 Å². The Labute approximate surface area is 610 Å². The zero-order valence-electron chi connectivity index (χ0n) is 65.6. The van der Waals surface area contributed by atoms with Gasteiger partial charge in [0, 0.05) is 19.4 Å². The van der Waals surface area contributed by atoms with E-state index < -0.39 is 26.5 Å². The lowest BCUT2D eigenvalue weighted by Crippen LogP contribution is -2.29. The fraction of sp³-hybridized carbons (Fsp3) is 0.886. The summed E-state index contributed by atoms with van der Waals surface area (Å²) in [7, 11) is -4.40. The maximum Gasteiger partial charge on any atom is 0.472 e. The molecule has 0 fully saturated rings. The first-order chi connectivity index (χ1) is 48.3. The highest BCUT2D eigenvalue weighted by Crippen LogP contribution is 2.43. The third kappa shape index (κ3) is 82.9. The molecule has 0 saturated heterocycles. The Balaban J connectivity index is 3.70. The number of ether oxygens (including phenoxy) is 2. The van der Waals surface area contributed by atoms with Gasteiger partial charge in [0.2, 0.25) is 0 Å². The van der Waals surface area contributed by atoms with Crippen molar-refractivity contribution in [2.45, 2.75) is 476 Å². The number of unbranched alkanes of at least 4 members (excludes halogenated alkanes) is 63. The van der Waals surface area contributed by atoms with Crippen molar-refractivity contribution in [2.75, 3.05) is 26.4 Å². The van der Waals surface area contributed by atoms with Crippen LogP contribution in [-0.4, -0.2) is 49.3 Å². The van der Waals surface area contributed by atoms with Crippen molar-refractivity contribution in [2.24, 2.45) is 5.73 Å². The van der Waals surface area contributed by atoms with E-state index in [1.807, 2.05) is 0 Å². The first kappa shape index (κ1) is 96.0. The van der Waals surface area contributed by atoms with Gasteiger partial charge in [-0.05, 0) is 51.4 Å². The summed E-state index contributed by atoms with van der Waals surface area (Å²) in [6, 6.07) is 0. The average molecular weight is 1400 g/mol. The predicted molar refractivity (Wildman–Crippen MR) is 427 cm³/mol. The van der Waals surface area contributed by atoms with Crippen LogP contribution in [-0.2, 0) is 32.7 Å². The van der Waals surface area contributed by atoms with Crippen molar-refractivity contribution in [3.63, 3.8) is 0 Å². The van der Waals surface area contributed by atoms with Crippen LogP contribution in [0.5, 0.6) is 0 Å². The third-order valence-electron chi connectivity index (χ3n) is 20.0. The number of hydrogen-bond acceptors (Lipinski definition) is 8. The van der Waals surface area contributed by atoms with Gasteiger partial charge >= 0.3 is 19.8 Å². The number of phosphoric acid groups is 1. The first-order valence-electron chi connectivity index (χ1n) is 43.6. The standard InChI is InChI=1S/C88H168NO8P/c1-3-5-7-9-11-13-15-17-19-21-23-25-27-29-31-33-35-37-39-41-42-43-45-46-48-50-52-54-56-58-60-62-64-66-68-70-72-74-76-78-80-87(90)94-84-86(85-96-98(92,93)95-83-82-89)97-88(91)81-79-77-75-73-71-69-67-65-63-61-59-57-55-53-51-49-47-44-40-38-36-34-32-30-28-26-24-22-20-18-16-14-12-10-8-6-4-2/h6,8,12,14,18,20,24,26,86H,3-5,7,9-11,13,15-17,19,21-23,25,27-85,89H2,1-2H3,(H,92,93)/b8-6-,14-12-,20-18-,26-24-. The molecular weight excluding hydrogens is 1230 g/mol. The molecule has 98 heavy (non-hydrogen) atoms. The van der Waals surface area contributed by atoms with Crippen molar-refractivity contribution >= 4 is 19.8 Å². The molecule has 0 aromatic heterocycles. The van der Waals surface area contributed by atoms with Gasteiger partial charge in [-0.25, -0.2) is 4.57 Å². The van der Waals surface area contributed by atoms with Crippen LogP contribution in [0, 0.1) is 0 Å². The summed E-state index contributed by atoms with van der Waals surface area (Å²) in [4.78, 5) is 35.5. The van der Waals surface area contributed by atoms with Gasteiger partial charge in [-0.3, -0.25) is 18.6 Å². The van der Waals surface area contributed by atoms with Crippen LogP contribution >= 0.6 is 7.82 Å². The zero-order chi connectivity index (χ0) is 70.8. The van der Waals surface area contributed by atoms with E-state index in [1.54, 1.807) is 0 Å². The SMILES string of the molecule is CC/C=C\C/C=C\C/C=C\C/C=C\CCCCCCCCCCCCCCCCCCCCCCCCCCC(=O)OC(COC(=O)CCCCCCCCCCCCCCCCCCCCCCCCCCCCCCCCCCCCCCCCCC)COP(=O)(O)OCCN. The van der Waals surface area contributed by atoms with Crippen molar-refractivity contribution in [3.8, 4) is 0 Å². The van der Waals surface area contributed by atoms with Crippen LogP contribution < -0.4 is 5.73 Å². The first-order valence-corrected chi connectivity index (χ1v) is 45.1. The molecule has 0 rings (SSSR count). The van der Waals surface area contributed by atoms with Gasteiger partial charge in [-0.2, -0.15) is 0 Å². The van der Waals surface area contributed by atoms with Crippen molar-refractivity contribution < 1.29 is 37.6 Å². The van der Waals surface area contributed by atoms with Gasteiger partial charge in [0.25, 0.3) is 0 Å². The van der Waals surface area contributed by atoms with Crippen molar-refractivity contribution in [1.82, 2.24) is 0 Å². The number of rotatable bonds is 84. The number of esters is 2. The topological polar surface area (TPSA) is 134 Å². The summed E-state index contributed by atoms with van der Waals surface area (Å²) >= 11 is 0. The zero-order valence-corrected chi connectivity index (χ0v) is 66.5.